The summed E-state index contributed by atoms with van der Waals surface area (Å²) in [7, 11) is 0. The zero-order valence-electron chi connectivity index (χ0n) is 43.5. The van der Waals surface area contributed by atoms with E-state index in [0.29, 0.717) is 12.8 Å². The molecule has 410 valence electrons. The van der Waals surface area contributed by atoms with Gasteiger partial charge in [0.2, 0.25) is 0 Å². The van der Waals surface area contributed by atoms with Crippen LogP contribution in [0.3, 0.4) is 0 Å². The van der Waals surface area contributed by atoms with Crippen LogP contribution in [0.4, 0.5) is 0 Å². The minimum atomic E-state index is -1.76. The Hall–Kier alpha value is -2.02. The van der Waals surface area contributed by atoms with Crippen molar-refractivity contribution in [2.75, 3.05) is 26.4 Å². The first kappa shape index (κ1) is 64.1. The molecule has 0 amide bonds. The van der Waals surface area contributed by atoms with Crippen molar-refractivity contribution >= 4 is 11.9 Å². The van der Waals surface area contributed by atoms with E-state index >= 15 is 0 Å². The van der Waals surface area contributed by atoms with Gasteiger partial charge in [0.1, 0.15) is 55.4 Å². The molecule has 0 aromatic carbocycles. The summed E-state index contributed by atoms with van der Waals surface area (Å²) >= 11 is 0. The summed E-state index contributed by atoms with van der Waals surface area (Å²) in [6.45, 7) is 2.59. The molecule has 15 nitrogen and oxygen atoms in total. The predicted octanol–water partition coefficient (Wildman–Crippen LogP) is 8.72. The van der Waals surface area contributed by atoms with E-state index in [-0.39, 0.29) is 26.1 Å². The molecule has 0 spiro atoms. The van der Waals surface area contributed by atoms with Crippen molar-refractivity contribution < 1.29 is 73.8 Å². The van der Waals surface area contributed by atoms with E-state index in [4.69, 9.17) is 28.4 Å². The van der Waals surface area contributed by atoms with Gasteiger partial charge in [-0.25, -0.2) is 0 Å². The maximum Gasteiger partial charge on any atom is 0.306 e. The standard InChI is InChI=1S/C55H100O15/c1-3-5-7-9-11-13-15-17-19-21-23-25-27-29-31-33-35-37-46(57)65-40-43(68-47(58)38-36-34-32-30-28-26-24-22-20-18-16-14-12-10-8-6-4-2)41-66-54-53(64)51(62)49(60)45(70-54)42-67-55-52(63)50(61)48(59)44(39-56)69-55/h12,14,18,20,43-45,48-56,59-64H,3-11,13,15-17,19,21-42H2,1-2H3/b14-12+,20-18+/t43-,44+,45+,48-,49-,50?,51?,52?,53?,54+,55+/m0/s1. The molecule has 2 saturated heterocycles. The normalized spacial score (nSPS) is 25.5. The van der Waals surface area contributed by atoms with Crippen molar-refractivity contribution in [3.05, 3.63) is 24.3 Å². The Morgan fingerprint density at radius 2 is 0.857 bits per heavy atom. The molecular formula is C55H100O15. The number of esters is 2. The lowest BCUT2D eigenvalue weighted by atomic mass is 9.98. The third-order valence-electron chi connectivity index (χ3n) is 13.4. The Balaban J connectivity index is 1.77. The highest BCUT2D eigenvalue weighted by atomic mass is 16.7. The summed E-state index contributed by atoms with van der Waals surface area (Å²) in [5.41, 5.74) is 0. The van der Waals surface area contributed by atoms with Crippen LogP contribution in [0.5, 0.6) is 0 Å². The third-order valence-corrected chi connectivity index (χ3v) is 13.4. The van der Waals surface area contributed by atoms with Gasteiger partial charge < -0.3 is 64.2 Å². The second-order valence-electron chi connectivity index (χ2n) is 19.8. The maximum absolute atomic E-state index is 13.0. The first-order valence-corrected chi connectivity index (χ1v) is 27.9. The van der Waals surface area contributed by atoms with Crippen molar-refractivity contribution in [2.24, 2.45) is 0 Å². The topological polar surface area (TPSA) is 231 Å². The number of unbranched alkanes of at least 4 members (excludes halogenated alkanes) is 26. The minimum Gasteiger partial charge on any atom is -0.462 e. The van der Waals surface area contributed by atoms with Crippen LogP contribution in [0, 0.1) is 0 Å². The summed E-state index contributed by atoms with van der Waals surface area (Å²) in [6.07, 6.45) is 27.6. The minimum absolute atomic E-state index is 0.159. The van der Waals surface area contributed by atoms with E-state index < -0.39 is 92.7 Å². The molecule has 0 radical (unpaired) electrons. The average Bonchev–Trinajstić information content (AvgIpc) is 3.35. The van der Waals surface area contributed by atoms with Gasteiger partial charge in [-0.05, 0) is 44.9 Å². The predicted molar refractivity (Wildman–Crippen MR) is 271 cm³/mol. The van der Waals surface area contributed by atoms with E-state index in [1.54, 1.807) is 0 Å². The van der Waals surface area contributed by atoms with Crippen molar-refractivity contribution in [1.82, 2.24) is 0 Å². The van der Waals surface area contributed by atoms with Crippen molar-refractivity contribution in [1.29, 1.82) is 0 Å². The van der Waals surface area contributed by atoms with Gasteiger partial charge in [0, 0.05) is 12.8 Å². The van der Waals surface area contributed by atoms with Crippen LogP contribution in [0.25, 0.3) is 0 Å². The van der Waals surface area contributed by atoms with Gasteiger partial charge in [0.05, 0.1) is 19.8 Å². The van der Waals surface area contributed by atoms with Crippen LogP contribution in [-0.4, -0.2) is 142 Å². The summed E-state index contributed by atoms with van der Waals surface area (Å²) in [5, 5.41) is 72.2. The van der Waals surface area contributed by atoms with Crippen LogP contribution >= 0.6 is 0 Å². The fourth-order valence-corrected chi connectivity index (χ4v) is 8.84. The number of allylic oxidation sites excluding steroid dienone is 4. The van der Waals surface area contributed by atoms with Crippen LogP contribution in [-0.2, 0) is 38.0 Å². The zero-order valence-corrected chi connectivity index (χ0v) is 43.5. The van der Waals surface area contributed by atoms with Gasteiger partial charge in [0.15, 0.2) is 18.7 Å². The Labute approximate surface area is 422 Å². The molecule has 2 aliphatic heterocycles. The van der Waals surface area contributed by atoms with Gasteiger partial charge in [-0.1, -0.05) is 186 Å². The molecule has 2 rings (SSSR count). The average molecular weight is 1000 g/mol. The van der Waals surface area contributed by atoms with Crippen LogP contribution in [0.2, 0.25) is 0 Å². The van der Waals surface area contributed by atoms with Gasteiger partial charge in [-0.3, -0.25) is 9.59 Å². The lowest BCUT2D eigenvalue weighted by Gasteiger charge is -2.42. The van der Waals surface area contributed by atoms with Crippen molar-refractivity contribution in [3.63, 3.8) is 0 Å². The number of hydrogen-bond acceptors (Lipinski definition) is 15. The smallest absolute Gasteiger partial charge is 0.306 e. The molecule has 2 aliphatic rings. The van der Waals surface area contributed by atoms with E-state index in [0.717, 1.165) is 64.2 Å². The monoisotopic (exact) mass is 1000 g/mol. The molecule has 2 heterocycles. The molecule has 70 heavy (non-hydrogen) atoms. The highest BCUT2D eigenvalue weighted by Gasteiger charge is 2.47. The highest BCUT2D eigenvalue weighted by molar-refractivity contribution is 5.70. The summed E-state index contributed by atoms with van der Waals surface area (Å²) in [5.74, 6) is -0.923. The van der Waals surface area contributed by atoms with Crippen molar-refractivity contribution in [2.45, 2.75) is 287 Å². The molecule has 0 bridgehead atoms. The number of ether oxygens (including phenoxy) is 6. The second-order valence-corrected chi connectivity index (χ2v) is 19.8. The largest absolute Gasteiger partial charge is 0.462 e. The molecule has 15 heteroatoms. The van der Waals surface area contributed by atoms with E-state index in [1.165, 1.54) is 116 Å². The lowest BCUT2D eigenvalue weighted by Crippen LogP contribution is -2.61. The second kappa shape index (κ2) is 42.3. The van der Waals surface area contributed by atoms with Crippen molar-refractivity contribution in [3.8, 4) is 0 Å². The SMILES string of the molecule is CCCCC/C=C/C/C=C/CCCCCCCCCC(=O)O[C@@H](COC(=O)CCCCCCCCCCCCCCCCCCC)CO[C@@H]1O[C@H](CO[C@@H]2O[C@H](CO)[C@H](O)C(O)C2O)[C@H](O)C(O)C1O. The Kier molecular flexibility index (Phi) is 38.8. The van der Waals surface area contributed by atoms with Crippen LogP contribution in [0.15, 0.2) is 24.3 Å². The van der Waals surface area contributed by atoms with E-state index in [9.17, 15) is 45.3 Å². The number of carbonyl (C=O) groups excluding carboxylic acids is 2. The number of aliphatic hydroxyl groups is 7. The molecule has 2 fully saturated rings. The molecule has 0 saturated carbocycles. The Morgan fingerprint density at radius 1 is 0.457 bits per heavy atom. The molecule has 0 aromatic heterocycles. The summed E-state index contributed by atoms with van der Waals surface area (Å²) in [6, 6.07) is 0. The van der Waals surface area contributed by atoms with Crippen LogP contribution < -0.4 is 0 Å². The zero-order chi connectivity index (χ0) is 51.0. The van der Waals surface area contributed by atoms with E-state index in [1.807, 2.05) is 0 Å². The number of rotatable bonds is 44. The quantitative estimate of drug-likeness (QED) is 0.0172. The number of hydrogen-bond donors (Lipinski definition) is 7. The molecule has 4 unspecified atom stereocenters. The maximum atomic E-state index is 13.0. The van der Waals surface area contributed by atoms with Gasteiger partial charge in [0.25, 0.3) is 0 Å². The van der Waals surface area contributed by atoms with Crippen LogP contribution in [0.1, 0.15) is 219 Å². The first-order chi connectivity index (χ1) is 34.0. The first-order valence-electron chi connectivity index (χ1n) is 27.9. The molecule has 11 atom stereocenters. The fourth-order valence-electron chi connectivity index (χ4n) is 8.84. The third kappa shape index (κ3) is 29.6. The molecule has 0 aromatic rings. The Morgan fingerprint density at radius 3 is 1.36 bits per heavy atom. The molecule has 0 aliphatic carbocycles. The summed E-state index contributed by atoms with van der Waals surface area (Å²) < 4.78 is 33.7. The van der Waals surface area contributed by atoms with Gasteiger partial charge >= 0.3 is 11.9 Å². The number of aliphatic hydroxyl groups excluding tert-OH is 7. The lowest BCUT2D eigenvalue weighted by molar-refractivity contribution is -0.332. The fraction of sp³-hybridized carbons (Fsp3) is 0.891. The van der Waals surface area contributed by atoms with Gasteiger partial charge in [-0.2, -0.15) is 0 Å². The summed E-state index contributed by atoms with van der Waals surface area (Å²) in [4.78, 5) is 25.8. The van der Waals surface area contributed by atoms with Gasteiger partial charge in [-0.15, -0.1) is 0 Å². The Bertz CT molecular complexity index is 1310. The number of carbonyl (C=O) groups is 2. The highest BCUT2D eigenvalue weighted by Crippen LogP contribution is 2.27. The van der Waals surface area contributed by atoms with E-state index in [2.05, 4.69) is 38.2 Å². The molecule has 7 N–H and O–H groups in total. The molecular weight excluding hydrogens is 901 g/mol.